The molecule has 2 aromatic heterocycles. The van der Waals surface area contributed by atoms with Gasteiger partial charge in [0.1, 0.15) is 5.75 Å². The fourth-order valence-corrected chi connectivity index (χ4v) is 2.48. The van der Waals surface area contributed by atoms with Crippen molar-refractivity contribution < 1.29 is 17.9 Å². The van der Waals surface area contributed by atoms with Crippen molar-refractivity contribution in [3.8, 4) is 11.4 Å². The molecule has 3 rings (SSSR count). The molecule has 23 heavy (non-hydrogen) atoms. The van der Waals surface area contributed by atoms with E-state index in [1.54, 1.807) is 18.3 Å². The molecule has 0 amide bonds. The van der Waals surface area contributed by atoms with Crippen LogP contribution in [-0.4, -0.2) is 15.5 Å². The Bertz CT molecular complexity index is 892. The molecule has 0 aliphatic heterocycles. The number of ether oxygens (including phenoxy) is 1. The van der Waals surface area contributed by atoms with Crippen LogP contribution in [-0.2, 0) is 6.54 Å². The molecule has 0 aliphatic rings. The summed E-state index contributed by atoms with van der Waals surface area (Å²) >= 11 is 0. The predicted octanol–water partition coefficient (Wildman–Crippen LogP) is 3.71. The number of nitrogens with zero attached hydrogens (tertiary/aromatic N) is 2. The fourth-order valence-electron chi connectivity index (χ4n) is 2.48. The van der Waals surface area contributed by atoms with E-state index in [2.05, 4.69) is 4.74 Å². The normalized spacial score (nSPS) is 11.8. The third-order valence-electron chi connectivity index (χ3n) is 3.53. The smallest absolute Gasteiger partial charge is 0.406 e. The number of aryl methyl sites for hydroxylation is 1. The number of halogens is 3. The Kier molecular flexibility index (Phi) is 3.63. The highest BCUT2D eigenvalue weighted by atomic mass is 19.4. The highest BCUT2D eigenvalue weighted by Crippen LogP contribution is 2.23. The average molecular weight is 322 g/mol. The zero-order valence-electron chi connectivity index (χ0n) is 12.2. The van der Waals surface area contributed by atoms with Gasteiger partial charge in [-0.15, -0.1) is 13.2 Å². The summed E-state index contributed by atoms with van der Waals surface area (Å²) in [4.78, 5) is 12.5. The fraction of sp³-hybridized carbons (Fsp3) is 0.188. The van der Waals surface area contributed by atoms with Crippen molar-refractivity contribution in [2.45, 2.75) is 19.8 Å². The maximum absolute atomic E-state index is 12.5. The minimum absolute atomic E-state index is 0.223. The molecule has 120 valence electrons. The van der Waals surface area contributed by atoms with Crippen LogP contribution >= 0.6 is 0 Å². The summed E-state index contributed by atoms with van der Waals surface area (Å²) in [6.07, 6.45) is -1.30. The Morgan fingerprint density at radius 1 is 1.04 bits per heavy atom. The van der Waals surface area contributed by atoms with Crippen LogP contribution < -0.4 is 10.3 Å². The number of benzene rings is 1. The van der Waals surface area contributed by atoms with E-state index >= 15 is 0 Å². The second kappa shape index (κ2) is 5.49. The second-order valence-corrected chi connectivity index (χ2v) is 4.93. The minimum atomic E-state index is -4.74. The van der Waals surface area contributed by atoms with E-state index in [1.807, 2.05) is 17.7 Å². The lowest BCUT2D eigenvalue weighted by Gasteiger charge is -2.10. The van der Waals surface area contributed by atoms with Crippen LogP contribution in [0.25, 0.3) is 16.6 Å². The number of pyridine rings is 1. The first-order chi connectivity index (χ1) is 10.9. The molecule has 0 bridgehead atoms. The largest absolute Gasteiger partial charge is 0.573 e. The van der Waals surface area contributed by atoms with Gasteiger partial charge in [0.15, 0.2) is 0 Å². The van der Waals surface area contributed by atoms with Crippen molar-refractivity contribution in [3.63, 3.8) is 0 Å². The maximum atomic E-state index is 12.5. The highest BCUT2D eigenvalue weighted by Gasteiger charge is 2.30. The third-order valence-corrected chi connectivity index (χ3v) is 3.53. The Labute approximate surface area is 129 Å². The molecule has 1 aromatic carbocycles. The molecule has 0 fully saturated rings. The molecule has 0 spiro atoms. The minimum Gasteiger partial charge on any atom is -0.406 e. The van der Waals surface area contributed by atoms with Crippen LogP contribution in [0.5, 0.6) is 5.75 Å². The van der Waals surface area contributed by atoms with E-state index in [0.717, 1.165) is 12.1 Å². The summed E-state index contributed by atoms with van der Waals surface area (Å²) in [5, 5.41) is 0.560. The van der Waals surface area contributed by atoms with Gasteiger partial charge in [-0.1, -0.05) is 0 Å². The van der Waals surface area contributed by atoms with Crippen LogP contribution in [0.1, 0.15) is 6.92 Å². The topological polar surface area (TPSA) is 36.2 Å². The van der Waals surface area contributed by atoms with E-state index < -0.39 is 6.36 Å². The van der Waals surface area contributed by atoms with Crippen LogP contribution in [0.2, 0.25) is 0 Å². The van der Waals surface area contributed by atoms with E-state index in [0.29, 0.717) is 11.1 Å². The van der Waals surface area contributed by atoms with Gasteiger partial charge in [-0.2, -0.15) is 0 Å². The summed E-state index contributed by atoms with van der Waals surface area (Å²) in [6, 6.07) is 8.71. The van der Waals surface area contributed by atoms with Crippen molar-refractivity contribution in [2.75, 3.05) is 0 Å². The standard InChI is InChI=1S/C16H13F3N2O2/c1-2-20-9-7-13-14(20)8-10-21(15(13)22)11-3-5-12(6-4-11)23-16(17,18)19/h3-10H,2H2,1H3. The zero-order valence-corrected chi connectivity index (χ0v) is 12.2. The third kappa shape index (κ3) is 2.94. The van der Waals surface area contributed by atoms with Crippen LogP contribution in [0.3, 0.4) is 0 Å². The van der Waals surface area contributed by atoms with Crippen LogP contribution in [0.4, 0.5) is 13.2 Å². The summed E-state index contributed by atoms with van der Waals surface area (Å²) in [5.41, 5.74) is 1.07. The molecule has 0 unspecified atom stereocenters. The SMILES string of the molecule is CCn1ccc2c(=O)n(-c3ccc(OC(F)(F)F)cc3)ccc21. The number of fused-ring (bicyclic) bond motifs is 1. The maximum Gasteiger partial charge on any atom is 0.573 e. The van der Waals surface area contributed by atoms with E-state index in [4.69, 9.17) is 0 Å². The quantitative estimate of drug-likeness (QED) is 0.737. The first-order valence-electron chi connectivity index (χ1n) is 6.96. The lowest BCUT2D eigenvalue weighted by atomic mass is 10.2. The number of aromatic nitrogens is 2. The Balaban J connectivity index is 2.00. The Hall–Kier alpha value is -2.70. The van der Waals surface area contributed by atoms with Gasteiger partial charge < -0.3 is 9.30 Å². The molecule has 2 heterocycles. The van der Waals surface area contributed by atoms with Gasteiger partial charge in [0.05, 0.1) is 10.9 Å². The molecule has 0 saturated carbocycles. The lowest BCUT2D eigenvalue weighted by Crippen LogP contribution is -2.18. The number of hydrogen-bond donors (Lipinski definition) is 0. The molecule has 7 heteroatoms. The van der Waals surface area contributed by atoms with Crippen LogP contribution in [0.15, 0.2) is 53.6 Å². The summed E-state index contributed by atoms with van der Waals surface area (Å²) in [5.74, 6) is -0.326. The van der Waals surface area contributed by atoms with Gasteiger partial charge in [0.2, 0.25) is 0 Å². The van der Waals surface area contributed by atoms with Gasteiger partial charge in [0.25, 0.3) is 5.56 Å². The lowest BCUT2D eigenvalue weighted by molar-refractivity contribution is -0.274. The molecular formula is C16H13F3N2O2. The second-order valence-electron chi connectivity index (χ2n) is 4.93. The van der Waals surface area contributed by atoms with E-state index in [-0.39, 0.29) is 11.3 Å². The number of hydrogen-bond acceptors (Lipinski definition) is 2. The van der Waals surface area contributed by atoms with Gasteiger partial charge in [0, 0.05) is 24.6 Å². The molecule has 0 N–H and O–H groups in total. The monoisotopic (exact) mass is 322 g/mol. The number of alkyl halides is 3. The first-order valence-corrected chi connectivity index (χ1v) is 6.96. The van der Waals surface area contributed by atoms with Crippen molar-refractivity contribution in [1.29, 1.82) is 0 Å². The molecule has 0 saturated heterocycles. The molecule has 4 nitrogen and oxygen atoms in total. The predicted molar refractivity (Wildman–Crippen MR) is 79.9 cm³/mol. The summed E-state index contributed by atoms with van der Waals surface area (Å²) < 4.78 is 43.6. The van der Waals surface area contributed by atoms with Gasteiger partial charge in [-0.3, -0.25) is 9.36 Å². The molecule has 0 atom stereocenters. The van der Waals surface area contributed by atoms with Gasteiger partial charge in [-0.25, -0.2) is 0 Å². The molecular weight excluding hydrogens is 309 g/mol. The molecule has 0 radical (unpaired) electrons. The van der Waals surface area contributed by atoms with E-state index in [1.165, 1.54) is 28.8 Å². The molecule has 3 aromatic rings. The first kappa shape index (κ1) is 15.2. The highest BCUT2D eigenvalue weighted by molar-refractivity contribution is 5.79. The van der Waals surface area contributed by atoms with Crippen molar-refractivity contribution in [1.82, 2.24) is 9.13 Å². The van der Waals surface area contributed by atoms with Crippen molar-refractivity contribution >= 4 is 10.9 Å². The Morgan fingerprint density at radius 2 is 1.74 bits per heavy atom. The number of rotatable bonds is 3. The van der Waals surface area contributed by atoms with Crippen molar-refractivity contribution in [3.05, 3.63) is 59.1 Å². The van der Waals surface area contributed by atoms with Gasteiger partial charge in [-0.05, 0) is 43.3 Å². The summed E-state index contributed by atoms with van der Waals surface area (Å²) in [7, 11) is 0. The zero-order chi connectivity index (χ0) is 16.6. The summed E-state index contributed by atoms with van der Waals surface area (Å²) in [6.45, 7) is 2.72. The van der Waals surface area contributed by atoms with Crippen molar-refractivity contribution in [2.24, 2.45) is 0 Å². The molecule has 0 aliphatic carbocycles. The van der Waals surface area contributed by atoms with Gasteiger partial charge >= 0.3 is 6.36 Å². The van der Waals surface area contributed by atoms with E-state index in [9.17, 15) is 18.0 Å². The van der Waals surface area contributed by atoms with Crippen LogP contribution in [0, 0.1) is 0 Å². The average Bonchev–Trinajstić information content (AvgIpc) is 2.91. The Morgan fingerprint density at radius 3 is 2.35 bits per heavy atom.